The molecule has 1 aliphatic carbocycles. The van der Waals surface area contributed by atoms with E-state index in [0.29, 0.717) is 34.7 Å². The van der Waals surface area contributed by atoms with Crippen LogP contribution >= 0.6 is 0 Å². The molecule has 9 rings (SSSR count). The Labute approximate surface area is 272 Å². The molecule has 6 heteroatoms. The van der Waals surface area contributed by atoms with E-state index in [1.807, 2.05) is 84.9 Å². The summed E-state index contributed by atoms with van der Waals surface area (Å²) < 4.78 is 13.2. The molecule has 6 nitrogen and oxygen atoms in total. The summed E-state index contributed by atoms with van der Waals surface area (Å²) in [5.41, 5.74) is 9.05. The molecular formula is C41H28N4O2. The molecule has 7 aromatic rings. The lowest BCUT2D eigenvalue weighted by Crippen LogP contribution is -2.15. The predicted octanol–water partition coefficient (Wildman–Crippen LogP) is 10.1. The maximum atomic E-state index is 6.76. The van der Waals surface area contributed by atoms with Crippen LogP contribution in [0.4, 0.5) is 0 Å². The van der Waals surface area contributed by atoms with E-state index in [0.717, 1.165) is 39.3 Å². The van der Waals surface area contributed by atoms with Crippen molar-refractivity contribution in [2.45, 2.75) is 19.3 Å². The third kappa shape index (κ3) is 4.41. The molecule has 0 fully saturated rings. The first-order valence-corrected chi connectivity index (χ1v) is 15.6. The van der Waals surface area contributed by atoms with Gasteiger partial charge in [0.05, 0.1) is 0 Å². The molecule has 224 valence electrons. The summed E-state index contributed by atoms with van der Waals surface area (Å²) in [6.45, 7) is 4.53. The van der Waals surface area contributed by atoms with Crippen LogP contribution in [-0.2, 0) is 5.41 Å². The lowest BCUT2D eigenvalue weighted by Gasteiger charge is -2.25. The Bertz CT molecular complexity index is 2280. The van der Waals surface area contributed by atoms with Crippen LogP contribution in [0.3, 0.4) is 0 Å². The van der Waals surface area contributed by atoms with Gasteiger partial charge in [-0.3, -0.25) is 4.98 Å². The number of rotatable bonds is 4. The molecule has 0 atom stereocenters. The van der Waals surface area contributed by atoms with E-state index in [1.165, 1.54) is 16.7 Å². The molecule has 3 heterocycles. The smallest absolute Gasteiger partial charge is 0.182 e. The molecule has 0 saturated carbocycles. The number of ether oxygens (including phenoxy) is 2. The van der Waals surface area contributed by atoms with E-state index in [-0.39, 0.29) is 5.41 Å². The summed E-state index contributed by atoms with van der Waals surface area (Å²) >= 11 is 0. The van der Waals surface area contributed by atoms with E-state index in [1.54, 1.807) is 6.20 Å². The third-order valence-electron chi connectivity index (χ3n) is 9.08. The fraction of sp³-hybridized carbons (Fsp3) is 0.0732. The van der Waals surface area contributed by atoms with Crippen LogP contribution in [0.2, 0.25) is 0 Å². The highest BCUT2D eigenvalue weighted by atomic mass is 16.6. The number of hydrogen-bond acceptors (Lipinski definition) is 6. The van der Waals surface area contributed by atoms with E-state index in [9.17, 15) is 0 Å². The minimum absolute atomic E-state index is 0.136. The Hall–Kier alpha value is -6.14. The summed E-state index contributed by atoms with van der Waals surface area (Å²) in [5, 5.41) is 0. The van der Waals surface area contributed by atoms with Crippen LogP contribution in [-0.4, -0.2) is 19.9 Å². The van der Waals surface area contributed by atoms with Crippen molar-refractivity contribution in [3.8, 4) is 79.5 Å². The number of benzene rings is 5. The lowest BCUT2D eigenvalue weighted by atomic mass is 9.82. The Morgan fingerprint density at radius 3 is 2.02 bits per heavy atom. The Balaban J connectivity index is 1.16. The van der Waals surface area contributed by atoms with Crippen molar-refractivity contribution in [3.05, 3.63) is 145 Å². The number of hydrogen-bond donors (Lipinski definition) is 0. The second kappa shape index (κ2) is 10.5. The van der Waals surface area contributed by atoms with Crippen molar-refractivity contribution in [2.24, 2.45) is 0 Å². The summed E-state index contributed by atoms with van der Waals surface area (Å²) in [5.74, 6) is 4.47. The van der Waals surface area contributed by atoms with Crippen molar-refractivity contribution in [1.82, 2.24) is 19.9 Å². The first kappa shape index (κ1) is 27.2. The molecule has 2 aromatic heterocycles. The van der Waals surface area contributed by atoms with Gasteiger partial charge in [-0.25, -0.2) is 15.0 Å². The van der Waals surface area contributed by atoms with Crippen molar-refractivity contribution in [1.29, 1.82) is 0 Å². The molecule has 5 aromatic carbocycles. The average Bonchev–Trinajstić information content (AvgIpc) is 3.37. The lowest BCUT2D eigenvalue weighted by molar-refractivity contribution is 0.360. The topological polar surface area (TPSA) is 70.0 Å². The van der Waals surface area contributed by atoms with Crippen LogP contribution < -0.4 is 9.47 Å². The zero-order chi connectivity index (χ0) is 31.5. The van der Waals surface area contributed by atoms with Crippen LogP contribution in [0.1, 0.15) is 25.0 Å². The van der Waals surface area contributed by atoms with E-state index < -0.39 is 0 Å². The zero-order valence-electron chi connectivity index (χ0n) is 25.8. The molecule has 0 spiro atoms. The van der Waals surface area contributed by atoms with E-state index >= 15 is 0 Å². The second-order valence-electron chi connectivity index (χ2n) is 12.3. The molecule has 0 bridgehead atoms. The van der Waals surface area contributed by atoms with Crippen LogP contribution in [0.5, 0.6) is 23.0 Å². The second-order valence-corrected chi connectivity index (χ2v) is 12.3. The van der Waals surface area contributed by atoms with Crippen molar-refractivity contribution in [2.75, 3.05) is 0 Å². The highest BCUT2D eigenvalue weighted by Crippen LogP contribution is 2.58. The molecule has 0 radical (unpaired) electrons. The molecule has 0 amide bonds. The van der Waals surface area contributed by atoms with Gasteiger partial charge in [0.2, 0.25) is 0 Å². The largest absolute Gasteiger partial charge is 0.449 e. The fourth-order valence-electron chi connectivity index (χ4n) is 6.74. The van der Waals surface area contributed by atoms with Gasteiger partial charge in [-0.15, -0.1) is 0 Å². The van der Waals surface area contributed by atoms with Gasteiger partial charge in [0.25, 0.3) is 0 Å². The highest BCUT2D eigenvalue weighted by Gasteiger charge is 2.39. The van der Waals surface area contributed by atoms with Crippen molar-refractivity contribution >= 4 is 0 Å². The summed E-state index contributed by atoms with van der Waals surface area (Å²) in [4.78, 5) is 19.3. The van der Waals surface area contributed by atoms with Crippen molar-refractivity contribution in [3.63, 3.8) is 0 Å². The quantitative estimate of drug-likeness (QED) is 0.198. The van der Waals surface area contributed by atoms with Crippen molar-refractivity contribution < 1.29 is 9.47 Å². The minimum Gasteiger partial charge on any atom is -0.449 e. The van der Waals surface area contributed by atoms with Gasteiger partial charge >= 0.3 is 0 Å². The van der Waals surface area contributed by atoms with Crippen LogP contribution in [0, 0.1) is 0 Å². The van der Waals surface area contributed by atoms with Gasteiger partial charge in [0.1, 0.15) is 5.69 Å². The SMILES string of the molecule is CC1(C)c2ccccc2-c2c1ccc1c2Oc2cc(-c3ccccc3-c3nc(-c4ccccc4)nc(-c4ccccn4)n3)ccc2O1. The number of fused-ring (bicyclic) bond motifs is 6. The Morgan fingerprint density at radius 2 is 1.19 bits per heavy atom. The number of pyridine rings is 1. The standard InChI is InChI=1S/C41H28N4O2/c1-41(2)30-17-9-8-16-29(30)36-31(41)20-22-34-37(36)47-35-24-26(19-21-33(35)46-34)27-14-6-7-15-28(27)39-43-38(25-12-4-3-5-13-25)44-40(45-39)32-18-10-11-23-42-32/h3-24H,1-2H3. The molecule has 1 aliphatic heterocycles. The zero-order valence-corrected chi connectivity index (χ0v) is 25.8. The maximum Gasteiger partial charge on any atom is 0.182 e. The normalized spacial score (nSPS) is 13.4. The molecule has 0 N–H and O–H groups in total. The minimum atomic E-state index is -0.136. The molecule has 2 aliphatic rings. The molecule has 0 unspecified atom stereocenters. The molecular weight excluding hydrogens is 580 g/mol. The first-order valence-electron chi connectivity index (χ1n) is 15.6. The number of aromatic nitrogens is 4. The van der Waals surface area contributed by atoms with E-state index in [2.05, 4.69) is 61.3 Å². The van der Waals surface area contributed by atoms with E-state index in [4.69, 9.17) is 24.4 Å². The van der Waals surface area contributed by atoms with Gasteiger partial charge in [-0.2, -0.15) is 0 Å². The van der Waals surface area contributed by atoms with Gasteiger partial charge in [0, 0.05) is 28.3 Å². The van der Waals surface area contributed by atoms with Gasteiger partial charge in [-0.05, 0) is 58.1 Å². The Morgan fingerprint density at radius 1 is 0.489 bits per heavy atom. The highest BCUT2D eigenvalue weighted by molar-refractivity contribution is 5.88. The monoisotopic (exact) mass is 608 g/mol. The summed E-state index contributed by atoms with van der Waals surface area (Å²) in [6.07, 6.45) is 1.75. The van der Waals surface area contributed by atoms with Gasteiger partial charge < -0.3 is 9.47 Å². The van der Waals surface area contributed by atoms with Gasteiger partial charge in [0.15, 0.2) is 40.5 Å². The molecule has 47 heavy (non-hydrogen) atoms. The Kier molecular flexibility index (Phi) is 6.05. The third-order valence-corrected chi connectivity index (χ3v) is 9.08. The summed E-state index contributed by atoms with van der Waals surface area (Å²) in [6, 6.07) is 42.7. The molecule has 0 saturated heterocycles. The maximum absolute atomic E-state index is 6.76. The number of nitrogens with zero attached hydrogens (tertiary/aromatic N) is 4. The summed E-state index contributed by atoms with van der Waals surface area (Å²) in [7, 11) is 0. The van der Waals surface area contributed by atoms with Crippen LogP contribution in [0.15, 0.2) is 134 Å². The average molecular weight is 609 g/mol. The first-order chi connectivity index (χ1) is 23.0. The van der Waals surface area contributed by atoms with Gasteiger partial charge in [-0.1, -0.05) is 111 Å². The predicted molar refractivity (Wildman–Crippen MR) is 184 cm³/mol. The fourth-order valence-corrected chi connectivity index (χ4v) is 6.74. The van der Waals surface area contributed by atoms with Crippen LogP contribution in [0.25, 0.3) is 56.5 Å².